The van der Waals surface area contributed by atoms with Gasteiger partial charge < -0.3 is 9.64 Å². The Bertz CT molecular complexity index is 1380. The predicted molar refractivity (Wildman–Crippen MR) is 116 cm³/mol. The van der Waals surface area contributed by atoms with Crippen LogP contribution in [0.25, 0.3) is 5.69 Å². The molecule has 0 spiro atoms. The highest BCUT2D eigenvalue weighted by Crippen LogP contribution is 2.39. The summed E-state index contributed by atoms with van der Waals surface area (Å²) in [6, 6.07) is 15.6. The van der Waals surface area contributed by atoms with E-state index in [9.17, 15) is 13.2 Å². The van der Waals surface area contributed by atoms with Crippen LogP contribution in [-0.2, 0) is 21.6 Å². The van der Waals surface area contributed by atoms with Crippen LogP contribution in [0.5, 0.6) is 0 Å². The van der Waals surface area contributed by atoms with Gasteiger partial charge in [0.05, 0.1) is 29.1 Å². The van der Waals surface area contributed by atoms with Gasteiger partial charge in [-0.05, 0) is 31.2 Å². The lowest BCUT2D eigenvalue weighted by atomic mass is 10.3. The van der Waals surface area contributed by atoms with Gasteiger partial charge in [-0.25, -0.2) is 13.1 Å². The summed E-state index contributed by atoms with van der Waals surface area (Å²) < 4.78 is 34.8. The molecular formula is C21H21N5O4S. The maximum Gasteiger partial charge on any atom is 0.299 e. The summed E-state index contributed by atoms with van der Waals surface area (Å²) in [5.41, 5.74) is 1.32. The fourth-order valence-corrected chi connectivity index (χ4v) is 5.06. The number of hydrogen-bond donors (Lipinski definition) is 0. The molecular weight excluding hydrogens is 418 g/mol. The zero-order valence-corrected chi connectivity index (χ0v) is 18.3. The monoisotopic (exact) mass is 439 g/mol. The van der Waals surface area contributed by atoms with Crippen molar-refractivity contribution in [2.45, 2.75) is 11.8 Å². The molecule has 160 valence electrons. The topological polar surface area (TPSA) is 98.3 Å². The highest BCUT2D eigenvalue weighted by Gasteiger charge is 2.36. The third-order valence-electron chi connectivity index (χ3n) is 5.22. The molecule has 2 heterocycles. The minimum Gasteiger partial charge on any atom is -0.480 e. The summed E-state index contributed by atoms with van der Waals surface area (Å²) in [4.78, 5) is 14.7. The van der Waals surface area contributed by atoms with Gasteiger partial charge in [0.15, 0.2) is 5.69 Å². The smallest absolute Gasteiger partial charge is 0.299 e. The van der Waals surface area contributed by atoms with Crippen molar-refractivity contribution in [1.29, 1.82) is 0 Å². The highest BCUT2D eigenvalue weighted by molar-refractivity contribution is 7.95. The molecule has 0 radical (unpaired) electrons. The van der Waals surface area contributed by atoms with E-state index in [-0.39, 0.29) is 21.5 Å². The summed E-state index contributed by atoms with van der Waals surface area (Å²) in [7, 11) is 0.775. The van der Waals surface area contributed by atoms with Gasteiger partial charge in [0.2, 0.25) is 20.7 Å². The maximum atomic E-state index is 13.2. The Morgan fingerprint density at radius 3 is 2.26 bits per heavy atom. The molecule has 0 unspecified atom stereocenters. The van der Waals surface area contributed by atoms with Crippen LogP contribution in [0.1, 0.15) is 5.69 Å². The Kier molecular flexibility index (Phi) is 5.02. The molecule has 1 aromatic heterocycles. The SMILES string of the molecule is COC1=C(N=Nc2c(C)n(C)n(-c3ccccc3)c2=O)S(=O)(=O)c2ccccc2N1C. The fraction of sp³-hybridized carbons (Fsp3) is 0.190. The Morgan fingerprint density at radius 2 is 1.58 bits per heavy atom. The molecule has 0 atom stereocenters. The molecule has 0 aliphatic carbocycles. The number of ether oxygens (including phenoxy) is 1. The van der Waals surface area contributed by atoms with Gasteiger partial charge >= 0.3 is 0 Å². The number of fused-ring (bicyclic) bond motifs is 1. The van der Waals surface area contributed by atoms with E-state index in [0.717, 1.165) is 0 Å². The number of anilines is 1. The zero-order chi connectivity index (χ0) is 22.3. The molecule has 0 amide bonds. The lowest BCUT2D eigenvalue weighted by Crippen LogP contribution is -2.28. The molecule has 0 saturated heterocycles. The van der Waals surface area contributed by atoms with Crippen molar-refractivity contribution in [3.05, 3.63) is 81.6 Å². The van der Waals surface area contributed by atoms with Crippen molar-refractivity contribution in [2.24, 2.45) is 17.3 Å². The Morgan fingerprint density at radius 1 is 0.935 bits per heavy atom. The number of hydrogen-bond acceptors (Lipinski definition) is 7. The summed E-state index contributed by atoms with van der Waals surface area (Å²) >= 11 is 0. The summed E-state index contributed by atoms with van der Waals surface area (Å²) in [6.07, 6.45) is 0. The molecule has 9 nitrogen and oxygen atoms in total. The number of methoxy groups -OCH3 is 1. The summed E-state index contributed by atoms with van der Waals surface area (Å²) in [5, 5.41) is 7.71. The molecule has 31 heavy (non-hydrogen) atoms. The van der Waals surface area contributed by atoms with Crippen molar-refractivity contribution >= 4 is 21.2 Å². The largest absolute Gasteiger partial charge is 0.480 e. The summed E-state index contributed by atoms with van der Waals surface area (Å²) in [6.45, 7) is 1.72. The number of nitrogens with zero attached hydrogens (tertiary/aromatic N) is 5. The van der Waals surface area contributed by atoms with Gasteiger partial charge in [0.25, 0.3) is 5.56 Å². The molecule has 0 N–H and O–H groups in total. The van der Waals surface area contributed by atoms with Crippen molar-refractivity contribution in [1.82, 2.24) is 9.36 Å². The molecule has 1 aliphatic rings. The van der Waals surface area contributed by atoms with Crippen molar-refractivity contribution < 1.29 is 13.2 Å². The molecule has 0 saturated carbocycles. The van der Waals surface area contributed by atoms with Gasteiger partial charge in [-0.2, -0.15) is 0 Å². The van der Waals surface area contributed by atoms with E-state index in [1.54, 1.807) is 60.9 Å². The quantitative estimate of drug-likeness (QED) is 0.581. The standard InChI is InChI=1S/C21H21N5O4S/c1-14-18(20(27)26(25(14)3)15-10-6-5-7-11-15)22-23-19-21(30-4)24(2)16-12-8-9-13-17(16)31(19,28)29/h5-13H,1-4H3. The highest BCUT2D eigenvalue weighted by atomic mass is 32.2. The second-order valence-corrected chi connectivity index (χ2v) is 8.79. The molecule has 10 heteroatoms. The minimum atomic E-state index is -3.99. The van der Waals surface area contributed by atoms with Crippen LogP contribution < -0.4 is 10.5 Å². The van der Waals surface area contributed by atoms with E-state index in [1.165, 1.54) is 17.9 Å². The van der Waals surface area contributed by atoms with E-state index in [0.29, 0.717) is 17.1 Å². The first-order valence-electron chi connectivity index (χ1n) is 9.41. The van der Waals surface area contributed by atoms with Crippen LogP contribution >= 0.6 is 0 Å². The fourth-order valence-electron chi connectivity index (χ4n) is 3.52. The van der Waals surface area contributed by atoms with Crippen molar-refractivity contribution in [3.8, 4) is 5.69 Å². The van der Waals surface area contributed by atoms with Gasteiger partial charge in [-0.3, -0.25) is 9.48 Å². The minimum absolute atomic E-state index is 0.0272. The maximum absolute atomic E-state index is 13.2. The Hall–Kier alpha value is -3.66. The van der Waals surface area contributed by atoms with E-state index >= 15 is 0 Å². The average molecular weight is 439 g/mol. The van der Waals surface area contributed by atoms with Crippen molar-refractivity contribution in [2.75, 3.05) is 19.1 Å². The van der Waals surface area contributed by atoms with E-state index in [1.807, 2.05) is 18.2 Å². The van der Waals surface area contributed by atoms with E-state index < -0.39 is 15.4 Å². The van der Waals surface area contributed by atoms with Crippen LogP contribution in [0.4, 0.5) is 11.4 Å². The van der Waals surface area contributed by atoms with E-state index in [2.05, 4.69) is 10.2 Å². The zero-order valence-electron chi connectivity index (χ0n) is 17.5. The molecule has 1 aliphatic heterocycles. The predicted octanol–water partition coefficient (Wildman–Crippen LogP) is 3.26. The molecule has 3 aromatic rings. The first kappa shape index (κ1) is 20.6. The molecule has 0 bridgehead atoms. The number of rotatable bonds is 4. The van der Waals surface area contributed by atoms with Gasteiger partial charge in [-0.15, -0.1) is 10.2 Å². The second-order valence-electron chi connectivity index (χ2n) is 6.95. The van der Waals surface area contributed by atoms with Gasteiger partial charge in [0.1, 0.15) is 0 Å². The molecule has 4 rings (SSSR count). The first-order valence-corrected chi connectivity index (χ1v) is 10.9. The third-order valence-corrected chi connectivity index (χ3v) is 6.91. The normalized spacial score (nSPS) is 15.4. The molecule has 0 fully saturated rings. The summed E-state index contributed by atoms with van der Waals surface area (Å²) in [5.74, 6) is 0.0272. The third kappa shape index (κ3) is 3.15. The second kappa shape index (κ2) is 7.55. The average Bonchev–Trinajstić information content (AvgIpc) is 2.98. The van der Waals surface area contributed by atoms with Crippen LogP contribution in [-0.4, -0.2) is 31.9 Å². The number of para-hydroxylation sites is 2. The van der Waals surface area contributed by atoms with E-state index in [4.69, 9.17) is 4.74 Å². The number of benzene rings is 2. The van der Waals surface area contributed by atoms with Crippen molar-refractivity contribution in [3.63, 3.8) is 0 Å². The number of sulfone groups is 1. The molecule has 2 aromatic carbocycles. The van der Waals surface area contributed by atoms with Gasteiger partial charge in [-0.1, -0.05) is 30.3 Å². The van der Waals surface area contributed by atoms with Gasteiger partial charge in [0, 0.05) is 14.1 Å². The lowest BCUT2D eigenvalue weighted by molar-refractivity contribution is 0.278. The van der Waals surface area contributed by atoms with Crippen LogP contribution in [0.3, 0.4) is 0 Å². The lowest BCUT2D eigenvalue weighted by Gasteiger charge is -2.28. The van der Waals surface area contributed by atoms with Crippen LogP contribution in [0, 0.1) is 6.92 Å². The van der Waals surface area contributed by atoms with Crippen LogP contribution in [0.15, 0.2) is 85.4 Å². The Labute approximate surface area is 179 Å². The Balaban J connectivity index is 1.87. The first-order chi connectivity index (χ1) is 14.8. The van der Waals surface area contributed by atoms with Crippen LogP contribution in [0.2, 0.25) is 0 Å². The number of aromatic nitrogens is 2. The number of azo groups is 1.